The fraction of sp³-hybridized carbons (Fsp3) is 0.444. The van der Waals surface area contributed by atoms with Crippen LogP contribution in [0.5, 0.6) is 0 Å². The highest BCUT2D eigenvalue weighted by atomic mass is 16.5. The molecular formula is C27H33NO6. The lowest BCUT2D eigenvalue weighted by Crippen LogP contribution is -2.71. The van der Waals surface area contributed by atoms with Crippen molar-refractivity contribution in [3.63, 3.8) is 0 Å². The van der Waals surface area contributed by atoms with Crippen LogP contribution in [0, 0.1) is 0 Å². The Balaban J connectivity index is 2.04. The third-order valence-corrected chi connectivity index (χ3v) is 6.17. The van der Waals surface area contributed by atoms with E-state index in [0.29, 0.717) is 0 Å². The summed E-state index contributed by atoms with van der Waals surface area (Å²) in [5, 5.41) is 20.0. The first-order valence-electron chi connectivity index (χ1n) is 11.3. The molecule has 0 spiro atoms. The van der Waals surface area contributed by atoms with Gasteiger partial charge in [-0.2, -0.15) is 0 Å². The predicted molar refractivity (Wildman–Crippen MR) is 129 cm³/mol. The van der Waals surface area contributed by atoms with E-state index >= 15 is 0 Å². The minimum Gasteiger partial charge on any atom is -0.481 e. The van der Waals surface area contributed by atoms with Gasteiger partial charge in [-0.3, -0.25) is 9.69 Å². The van der Waals surface area contributed by atoms with Crippen LogP contribution < -0.4 is 0 Å². The van der Waals surface area contributed by atoms with Crippen LogP contribution in [0.1, 0.15) is 65.0 Å². The summed E-state index contributed by atoms with van der Waals surface area (Å²) in [6.45, 7) is 10.5. The Morgan fingerprint density at radius 1 is 0.824 bits per heavy atom. The molecule has 0 unspecified atom stereocenters. The smallest absolute Gasteiger partial charge is 0.339 e. The molecule has 182 valence electrons. The molecule has 0 aromatic heterocycles. The monoisotopic (exact) mass is 467 g/mol. The zero-order valence-electron chi connectivity index (χ0n) is 20.6. The molecule has 7 nitrogen and oxygen atoms in total. The van der Waals surface area contributed by atoms with Crippen molar-refractivity contribution in [2.24, 2.45) is 0 Å². The molecular weight excluding hydrogens is 434 g/mol. The average Bonchev–Trinajstić information content (AvgIpc) is 3.02. The van der Waals surface area contributed by atoms with Crippen molar-refractivity contribution in [1.82, 2.24) is 4.90 Å². The topological polar surface area (TPSA) is 104 Å². The van der Waals surface area contributed by atoms with E-state index in [-0.39, 0.29) is 12.5 Å². The number of hydrogen-bond donors (Lipinski definition) is 2. The fourth-order valence-electron chi connectivity index (χ4n) is 5.59. The number of hydrogen-bond acceptors (Lipinski definition) is 5. The molecule has 0 saturated carbocycles. The van der Waals surface area contributed by atoms with E-state index in [4.69, 9.17) is 4.74 Å². The number of rotatable bonds is 7. The summed E-state index contributed by atoms with van der Waals surface area (Å²) < 4.78 is 5.71. The lowest BCUT2D eigenvalue weighted by molar-refractivity contribution is -0.189. The van der Waals surface area contributed by atoms with Crippen LogP contribution in [0.15, 0.2) is 48.5 Å². The number of ether oxygens (including phenoxy) is 1. The van der Waals surface area contributed by atoms with Crippen LogP contribution in [0.25, 0.3) is 11.1 Å². The molecule has 3 rings (SSSR count). The largest absolute Gasteiger partial charge is 0.481 e. The fourth-order valence-corrected chi connectivity index (χ4v) is 5.59. The molecule has 0 amide bonds. The number of aliphatic carboxylic acids is 2. The number of benzene rings is 2. The summed E-state index contributed by atoms with van der Waals surface area (Å²) in [4.78, 5) is 39.7. The summed E-state index contributed by atoms with van der Waals surface area (Å²) in [5.41, 5.74) is -0.0475. The lowest BCUT2D eigenvalue weighted by atomic mass is 9.82. The lowest BCUT2D eigenvalue weighted by Gasteiger charge is -2.52. The number of carbonyl (C=O) groups excluding carboxylic acids is 1. The summed E-state index contributed by atoms with van der Waals surface area (Å²) >= 11 is 0. The zero-order chi connectivity index (χ0) is 25.5. The van der Waals surface area contributed by atoms with E-state index in [1.165, 1.54) is 4.90 Å². The molecule has 34 heavy (non-hydrogen) atoms. The molecule has 1 aliphatic carbocycles. The van der Waals surface area contributed by atoms with E-state index in [1.807, 2.05) is 48.5 Å². The highest BCUT2D eigenvalue weighted by molar-refractivity contribution is 6.07. The number of carbonyl (C=O) groups is 3. The van der Waals surface area contributed by atoms with E-state index < -0.39 is 40.9 Å². The maximum atomic E-state index is 13.6. The van der Waals surface area contributed by atoms with Gasteiger partial charge in [0.2, 0.25) is 5.54 Å². The van der Waals surface area contributed by atoms with Gasteiger partial charge in [0, 0.05) is 17.0 Å². The molecule has 0 bridgehead atoms. The van der Waals surface area contributed by atoms with Crippen molar-refractivity contribution in [2.45, 2.75) is 70.5 Å². The number of nitrogens with zero attached hydrogens (tertiary/aromatic N) is 1. The van der Waals surface area contributed by atoms with Gasteiger partial charge in [0.25, 0.3) is 0 Å². The molecule has 0 saturated heterocycles. The zero-order valence-corrected chi connectivity index (χ0v) is 20.6. The number of fused-ring (bicyclic) bond motifs is 3. The second-order valence-corrected chi connectivity index (χ2v) is 10.7. The Kier molecular flexibility index (Phi) is 6.64. The first-order valence-corrected chi connectivity index (χ1v) is 11.3. The standard InChI is InChI=1S/C27H33NO6/c1-25(2,3)28(26(4,5)6)27(23(31)32,15-22(29)30)24(33)34-16-21-19-13-9-7-11-17(19)18-12-8-10-14-20(18)21/h7-14,21H,15-16H2,1-6H3,(H,29,30)(H,31,32)/t27-/m0/s1. The van der Waals surface area contributed by atoms with Crippen LogP contribution in [0.2, 0.25) is 0 Å². The Bertz CT molecular complexity index is 1050. The molecule has 0 aliphatic heterocycles. The Labute approximate surface area is 200 Å². The highest BCUT2D eigenvalue weighted by Gasteiger charge is 2.60. The van der Waals surface area contributed by atoms with E-state index in [0.717, 1.165) is 22.3 Å². The normalized spacial score (nSPS) is 15.4. The van der Waals surface area contributed by atoms with Gasteiger partial charge in [0.05, 0.1) is 6.42 Å². The summed E-state index contributed by atoms with van der Waals surface area (Å²) in [6.07, 6.45) is -0.923. The van der Waals surface area contributed by atoms with Gasteiger partial charge in [-0.25, -0.2) is 9.59 Å². The number of esters is 1. The van der Waals surface area contributed by atoms with Gasteiger partial charge in [0.1, 0.15) is 6.61 Å². The molecule has 2 aromatic rings. The Morgan fingerprint density at radius 2 is 1.26 bits per heavy atom. The molecule has 0 radical (unpaired) electrons. The number of carboxylic acids is 2. The summed E-state index contributed by atoms with van der Waals surface area (Å²) in [6, 6.07) is 15.6. The van der Waals surface area contributed by atoms with Crippen molar-refractivity contribution < 1.29 is 29.3 Å². The second kappa shape index (κ2) is 8.87. The minimum atomic E-state index is -2.40. The summed E-state index contributed by atoms with van der Waals surface area (Å²) in [5.74, 6) is -4.29. The first kappa shape index (κ1) is 25.4. The number of carboxylic acid groups (broad SMARTS) is 2. The van der Waals surface area contributed by atoms with Gasteiger partial charge < -0.3 is 14.9 Å². The van der Waals surface area contributed by atoms with E-state index in [1.54, 1.807) is 41.5 Å². The Hall–Kier alpha value is -3.19. The minimum absolute atomic E-state index is 0.0936. The first-order chi connectivity index (χ1) is 15.7. The second-order valence-electron chi connectivity index (χ2n) is 10.7. The van der Waals surface area contributed by atoms with Crippen LogP contribution in [-0.2, 0) is 19.1 Å². The third-order valence-electron chi connectivity index (χ3n) is 6.17. The molecule has 1 atom stereocenters. The van der Waals surface area contributed by atoms with Crippen LogP contribution in [-0.4, -0.2) is 56.2 Å². The van der Waals surface area contributed by atoms with Gasteiger partial charge in [-0.05, 0) is 63.8 Å². The molecule has 0 fully saturated rings. The molecule has 0 heterocycles. The molecule has 2 aromatic carbocycles. The molecule has 7 heteroatoms. The quantitative estimate of drug-likeness (QED) is 0.455. The van der Waals surface area contributed by atoms with Crippen LogP contribution in [0.3, 0.4) is 0 Å². The average molecular weight is 468 g/mol. The van der Waals surface area contributed by atoms with Gasteiger partial charge in [-0.15, -0.1) is 0 Å². The SMILES string of the molecule is CC(C)(C)N(C(C)(C)C)[C@@](CC(=O)O)(C(=O)O)C(=O)OCC1c2ccccc2-c2ccccc21. The maximum Gasteiger partial charge on any atom is 0.339 e. The van der Waals surface area contributed by atoms with E-state index in [9.17, 15) is 24.6 Å². The Morgan fingerprint density at radius 3 is 1.65 bits per heavy atom. The van der Waals surface area contributed by atoms with Crippen molar-refractivity contribution in [3.05, 3.63) is 59.7 Å². The van der Waals surface area contributed by atoms with Crippen LogP contribution >= 0.6 is 0 Å². The van der Waals surface area contributed by atoms with Gasteiger partial charge in [0.15, 0.2) is 0 Å². The van der Waals surface area contributed by atoms with Crippen molar-refractivity contribution in [2.75, 3.05) is 6.61 Å². The van der Waals surface area contributed by atoms with Gasteiger partial charge in [-0.1, -0.05) is 48.5 Å². The highest BCUT2D eigenvalue weighted by Crippen LogP contribution is 2.45. The molecule has 2 N–H and O–H groups in total. The van der Waals surface area contributed by atoms with E-state index in [2.05, 4.69) is 0 Å². The van der Waals surface area contributed by atoms with Gasteiger partial charge >= 0.3 is 17.9 Å². The summed E-state index contributed by atoms with van der Waals surface area (Å²) in [7, 11) is 0. The van der Waals surface area contributed by atoms with Crippen molar-refractivity contribution in [3.8, 4) is 11.1 Å². The predicted octanol–water partition coefficient (Wildman–Crippen LogP) is 4.54. The molecule has 1 aliphatic rings. The third kappa shape index (κ3) is 4.44. The van der Waals surface area contributed by atoms with Crippen LogP contribution in [0.4, 0.5) is 0 Å². The van der Waals surface area contributed by atoms with Crippen molar-refractivity contribution >= 4 is 17.9 Å². The van der Waals surface area contributed by atoms with Crippen molar-refractivity contribution in [1.29, 1.82) is 0 Å². The maximum absolute atomic E-state index is 13.6.